The number of aryl methyl sites for hydroxylation is 1. The Balaban J connectivity index is 0.000000346. The number of anilines is 2. The van der Waals surface area contributed by atoms with Gasteiger partial charge in [0.25, 0.3) is 0 Å². The fraction of sp³-hybridized carbons (Fsp3) is 0.891. The van der Waals surface area contributed by atoms with Gasteiger partial charge < -0.3 is 35.4 Å². The highest BCUT2D eigenvalue weighted by molar-refractivity contribution is 5.93. The SMILES string of the molecule is CC=C(C)C(=O)N(CCCCCC)C1CC(C)(C)N(C)C(C)(C)C1.Cc1nc(NC2CCOCC2)nc(N(CCCCCCN(C)C2CC(C)(C)NC(C)(C)C2)C2CC(C)(C)NC(C)(C)C2)n1. The predicted octanol–water partition coefficient (Wildman–Crippen LogP) is 10.7. The van der Waals surface area contributed by atoms with Crippen LogP contribution < -0.4 is 20.9 Å². The summed E-state index contributed by atoms with van der Waals surface area (Å²) >= 11 is 0. The van der Waals surface area contributed by atoms with Crippen LogP contribution >= 0.6 is 0 Å². The van der Waals surface area contributed by atoms with Crippen molar-refractivity contribution >= 4 is 17.8 Å². The molecule has 1 aromatic rings. The molecule has 0 radical (unpaired) electrons. The summed E-state index contributed by atoms with van der Waals surface area (Å²) in [7, 11) is 4.56. The molecule has 3 N–H and O–H groups in total. The van der Waals surface area contributed by atoms with Crippen molar-refractivity contribution in [3.8, 4) is 0 Å². The Hall–Kier alpha value is -2.38. The quantitative estimate of drug-likeness (QED) is 0.0910. The molecule has 4 aliphatic rings. The van der Waals surface area contributed by atoms with Crippen LogP contribution in [0.3, 0.4) is 0 Å². The Morgan fingerprint density at radius 3 is 1.72 bits per heavy atom. The number of ether oxygens (including phenoxy) is 1. The molecule has 0 unspecified atom stereocenters. The van der Waals surface area contributed by atoms with E-state index in [1.807, 2.05) is 26.8 Å². The number of unbranched alkanes of at least 4 members (excludes halogenated alkanes) is 6. The number of aromatic nitrogens is 3. The molecule has 1 aromatic heterocycles. The highest BCUT2D eigenvalue weighted by atomic mass is 16.5. The van der Waals surface area contributed by atoms with Crippen molar-refractivity contribution in [2.24, 2.45) is 0 Å². The van der Waals surface area contributed by atoms with Gasteiger partial charge in [0.1, 0.15) is 5.82 Å². The van der Waals surface area contributed by atoms with E-state index in [-0.39, 0.29) is 39.1 Å². The number of carbonyl (C=O) groups is 1. The second-order valence-corrected chi connectivity index (χ2v) is 25.3. The van der Waals surface area contributed by atoms with Crippen LogP contribution in [-0.4, -0.2) is 140 Å². The topological polar surface area (TPSA) is 114 Å². The molecule has 67 heavy (non-hydrogen) atoms. The zero-order chi connectivity index (χ0) is 50.0. The van der Waals surface area contributed by atoms with Gasteiger partial charge >= 0.3 is 0 Å². The van der Waals surface area contributed by atoms with Crippen LogP contribution in [0.5, 0.6) is 0 Å². The average molecular weight is 938 g/mol. The first kappa shape index (κ1) is 57.2. The fourth-order valence-electron chi connectivity index (χ4n) is 12.4. The van der Waals surface area contributed by atoms with E-state index in [1.165, 1.54) is 57.9 Å². The molecule has 4 fully saturated rings. The molecule has 12 nitrogen and oxygen atoms in total. The lowest BCUT2D eigenvalue weighted by Crippen LogP contribution is -2.63. The lowest BCUT2D eigenvalue weighted by molar-refractivity contribution is -0.134. The van der Waals surface area contributed by atoms with Gasteiger partial charge in [0.05, 0.1) is 0 Å². The molecule has 0 bridgehead atoms. The molecule has 5 rings (SSSR count). The molecule has 0 spiro atoms. The molecule has 0 aliphatic carbocycles. The van der Waals surface area contributed by atoms with Gasteiger partial charge in [-0.1, -0.05) is 45.1 Å². The van der Waals surface area contributed by atoms with E-state index < -0.39 is 0 Å². The third-order valence-corrected chi connectivity index (χ3v) is 15.6. The minimum Gasteiger partial charge on any atom is -0.381 e. The standard InChI is InChI=1S/C34H64N8O.C21H40N2O/c1-25-35-29(37-26-15-19-43-20-16-26)38-30(36-25)42(28-23-33(6,7)40-34(8,9)24-28)18-14-12-11-13-17-41(10)27-21-31(2,3)39-32(4,5)22-27;1-9-11-12-13-14-23(19(24)17(3)10-2)18-15-20(4,5)22(8)21(6,7)16-18/h26-28,39-40H,11-24H2,1-10H3,(H,35,36,37,38);10,18H,9,11-16H2,1-8H3. The number of amides is 1. The van der Waals surface area contributed by atoms with Gasteiger partial charge in [0.2, 0.25) is 17.8 Å². The Labute approximate surface area is 411 Å². The molecule has 0 atom stereocenters. The molecule has 5 heterocycles. The van der Waals surface area contributed by atoms with Crippen LogP contribution in [0, 0.1) is 6.92 Å². The largest absolute Gasteiger partial charge is 0.381 e. The smallest absolute Gasteiger partial charge is 0.249 e. The van der Waals surface area contributed by atoms with Crippen molar-refractivity contribution in [1.82, 2.24) is 40.3 Å². The summed E-state index contributed by atoms with van der Waals surface area (Å²) < 4.78 is 5.56. The summed E-state index contributed by atoms with van der Waals surface area (Å²) in [5.74, 6) is 2.55. The van der Waals surface area contributed by atoms with Crippen LogP contribution in [0.1, 0.15) is 212 Å². The molecule has 386 valence electrons. The van der Waals surface area contributed by atoms with E-state index in [0.717, 1.165) is 95.0 Å². The maximum absolute atomic E-state index is 13.0. The number of nitrogens with zero attached hydrogens (tertiary/aromatic N) is 7. The molecule has 0 aromatic carbocycles. The summed E-state index contributed by atoms with van der Waals surface area (Å²) in [6, 6.07) is 1.70. The summed E-state index contributed by atoms with van der Waals surface area (Å²) in [4.78, 5) is 37.4. The lowest BCUT2D eigenvalue weighted by Gasteiger charge is -2.55. The van der Waals surface area contributed by atoms with Crippen molar-refractivity contribution in [2.75, 3.05) is 57.2 Å². The van der Waals surface area contributed by atoms with Crippen molar-refractivity contribution in [3.05, 3.63) is 17.5 Å². The number of allylic oxidation sites excluding steroid dienone is 1. The molecule has 12 heteroatoms. The first-order valence-corrected chi connectivity index (χ1v) is 26.9. The summed E-state index contributed by atoms with van der Waals surface area (Å²) in [5, 5.41) is 11.3. The average Bonchev–Trinajstić information content (AvgIpc) is 3.19. The normalized spacial score (nSPS) is 23.4. The molecule has 4 aliphatic heterocycles. The van der Waals surface area contributed by atoms with Crippen LogP contribution in [0.4, 0.5) is 11.9 Å². The number of hydrogen-bond donors (Lipinski definition) is 3. The maximum Gasteiger partial charge on any atom is 0.249 e. The maximum atomic E-state index is 13.0. The first-order valence-electron chi connectivity index (χ1n) is 26.9. The molecular formula is C55H104N10O2. The molecule has 1 amide bonds. The Bertz CT molecular complexity index is 1670. The van der Waals surface area contributed by atoms with Gasteiger partial charge in [-0.15, -0.1) is 0 Å². The number of rotatable bonds is 19. The summed E-state index contributed by atoms with van der Waals surface area (Å²) in [6.45, 7) is 40.7. The fourth-order valence-corrected chi connectivity index (χ4v) is 12.4. The van der Waals surface area contributed by atoms with Crippen LogP contribution in [0.15, 0.2) is 11.6 Å². The van der Waals surface area contributed by atoms with Crippen LogP contribution in [0.25, 0.3) is 0 Å². The van der Waals surface area contributed by atoms with Crippen molar-refractivity contribution in [3.63, 3.8) is 0 Å². The van der Waals surface area contributed by atoms with E-state index in [4.69, 9.17) is 14.7 Å². The molecule has 4 saturated heterocycles. The lowest BCUT2D eigenvalue weighted by atomic mass is 9.76. The number of carbonyl (C=O) groups excluding carboxylic acids is 1. The monoisotopic (exact) mass is 937 g/mol. The third-order valence-electron chi connectivity index (χ3n) is 15.6. The van der Waals surface area contributed by atoms with Crippen molar-refractivity contribution in [2.45, 2.75) is 271 Å². The number of nitrogens with one attached hydrogen (secondary N) is 3. The van der Waals surface area contributed by atoms with E-state index >= 15 is 0 Å². The highest BCUT2D eigenvalue weighted by Crippen LogP contribution is 2.40. The van der Waals surface area contributed by atoms with Gasteiger partial charge in [0, 0.05) is 89.3 Å². The Kier molecular flexibility index (Phi) is 20.6. The molecule has 0 saturated carbocycles. The van der Waals surface area contributed by atoms with E-state index in [1.54, 1.807) is 0 Å². The second-order valence-electron chi connectivity index (χ2n) is 25.3. The number of hydrogen-bond acceptors (Lipinski definition) is 11. The zero-order valence-electron chi connectivity index (χ0n) is 46.7. The van der Waals surface area contributed by atoms with Gasteiger partial charge in [-0.05, 0) is 195 Å². The number of likely N-dealkylation sites (tertiary alicyclic amines) is 1. The Morgan fingerprint density at radius 1 is 0.701 bits per heavy atom. The second kappa shape index (κ2) is 24.2. The van der Waals surface area contributed by atoms with E-state index in [2.05, 4.69) is 145 Å². The van der Waals surface area contributed by atoms with Crippen LogP contribution in [-0.2, 0) is 9.53 Å². The zero-order valence-corrected chi connectivity index (χ0v) is 46.7. The Morgan fingerprint density at radius 2 is 1.19 bits per heavy atom. The first-order chi connectivity index (χ1) is 31.1. The van der Waals surface area contributed by atoms with Crippen LogP contribution in [0.2, 0.25) is 0 Å². The van der Waals surface area contributed by atoms with Gasteiger partial charge in [-0.3, -0.25) is 9.69 Å². The predicted molar refractivity (Wildman–Crippen MR) is 283 cm³/mol. The van der Waals surface area contributed by atoms with Gasteiger partial charge in [0.15, 0.2) is 0 Å². The minimum atomic E-state index is 0.0538. The van der Waals surface area contributed by atoms with Gasteiger partial charge in [-0.2, -0.15) is 15.0 Å². The third kappa shape index (κ3) is 17.8. The molecular weight excluding hydrogens is 833 g/mol. The summed E-state index contributed by atoms with van der Waals surface area (Å²) in [5.41, 5.74) is 1.58. The van der Waals surface area contributed by atoms with Crippen molar-refractivity contribution < 1.29 is 9.53 Å². The number of piperidine rings is 3. The van der Waals surface area contributed by atoms with E-state index in [9.17, 15) is 4.79 Å². The minimum absolute atomic E-state index is 0.0538. The van der Waals surface area contributed by atoms with E-state index in [0.29, 0.717) is 30.1 Å². The van der Waals surface area contributed by atoms with Gasteiger partial charge in [-0.25, -0.2) is 0 Å². The highest BCUT2D eigenvalue weighted by Gasteiger charge is 2.46. The van der Waals surface area contributed by atoms with Crippen molar-refractivity contribution in [1.29, 1.82) is 0 Å². The summed E-state index contributed by atoms with van der Waals surface area (Å²) in [6.07, 6.45) is 20.3.